The Bertz CT molecular complexity index is 75.5. The lowest BCUT2D eigenvalue weighted by Gasteiger charge is -2.24. The molecule has 0 aliphatic carbocycles. The SMILES string of the molecule is CN(CI)CC(C)(C)C. The zero-order chi connectivity index (χ0) is 7.49. The molecule has 0 radical (unpaired) electrons. The smallest absolute Gasteiger partial charge is 0.0502 e. The van der Waals surface area contributed by atoms with Crippen molar-refractivity contribution in [2.45, 2.75) is 20.8 Å². The Hall–Kier alpha value is 0.690. The summed E-state index contributed by atoms with van der Waals surface area (Å²) < 4.78 is 1.12. The van der Waals surface area contributed by atoms with E-state index in [9.17, 15) is 0 Å². The van der Waals surface area contributed by atoms with Crippen LogP contribution in [0.25, 0.3) is 0 Å². The van der Waals surface area contributed by atoms with Crippen molar-refractivity contribution < 1.29 is 0 Å². The van der Waals surface area contributed by atoms with Crippen LogP contribution < -0.4 is 0 Å². The molecule has 0 spiro atoms. The molecule has 0 saturated carbocycles. The Labute approximate surface area is 72.0 Å². The molecule has 0 fully saturated rings. The number of rotatable bonds is 2. The molecule has 0 heterocycles. The van der Waals surface area contributed by atoms with E-state index in [0.29, 0.717) is 5.41 Å². The molecule has 0 aliphatic rings. The van der Waals surface area contributed by atoms with E-state index in [1.165, 1.54) is 6.54 Å². The van der Waals surface area contributed by atoms with Gasteiger partial charge in [-0.25, -0.2) is 0 Å². The Balaban J connectivity index is 3.47. The minimum atomic E-state index is 0.444. The molecule has 0 aromatic rings. The quantitative estimate of drug-likeness (QED) is 0.407. The van der Waals surface area contributed by atoms with Gasteiger partial charge >= 0.3 is 0 Å². The molecule has 0 unspecified atom stereocenters. The van der Waals surface area contributed by atoms with E-state index in [4.69, 9.17) is 0 Å². The zero-order valence-electron chi connectivity index (χ0n) is 6.74. The molecule has 56 valence electrons. The molecule has 9 heavy (non-hydrogen) atoms. The van der Waals surface area contributed by atoms with Crippen molar-refractivity contribution in [3.05, 3.63) is 0 Å². The van der Waals surface area contributed by atoms with Gasteiger partial charge in [-0.05, 0) is 12.5 Å². The van der Waals surface area contributed by atoms with Gasteiger partial charge in [0.2, 0.25) is 0 Å². The topological polar surface area (TPSA) is 3.24 Å². The number of alkyl halides is 1. The van der Waals surface area contributed by atoms with Crippen LogP contribution in [-0.4, -0.2) is 23.0 Å². The van der Waals surface area contributed by atoms with Gasteiger partial charge in [-0.3, -0.25) is 4.90 Å². The summed E-state index contributed by atoms with van der Waals surface area (Å²) in [6, 6.07) is 0. The van der Waals surface area contributed by atoms with Crippen LogP contribution in [-0.2, 0) is 0 Å². The highest BCUT2D eigenvalue weighted by atomic mass is 127. The molecular weight excluding hydrogens is 225 g/mol. The number of halogens is 1. The minimum absolute atomic E-state index is 0.444. The second kappa shape index (κ2) is 3.76. The summed E-state index contributed by atoms with van der Waals surface area (Å²) in [5.41, 5.74) is 0.444. The summed E-state index contributed by atoms with van der Waals surface area (Å²) in [7, 11) is 2.15. The fraction of sp³-hybridized carbons (Fsp3) is 1.00. The summed E-state index contributed by atoms with van der Waals surface area (Å²) in [6.07, 6.45) is 0. The Kier molecular flexibility index (Phi) is 4.05. The maximum absolute atomic E-state index is 2.38. The highest BCUT2D eigenvalue weighted by Gasteiger charge is 2.11. The predicted molar refractivity (Wildman–Crippen MR) is 51.0 cm³/mol. The van der Waals surface area contributed by atoms with Crippen molar-refractivity contribution in [2.24, 2.45) is 5.41 Å². The number of nitrogens with zero attached hydrogens (tertiary/aromatic N) is 1. The van der Waals surface area contributed by atoms with Crippen LogP contribution in [0.5, 0.6) is 0 Å². The van der Waals surface area contributed by atoms with Crippen molar-refractivity contribution in [1.29, 1.82) is 0 Å². The molecule has 0 aliphatic heterocycles. The monoisotopic (exact) mass is 241 g/mol. The van der Waals surface area contributed by atoms with Crippen LogP contribution in [0.3, 0.4) is 0 Å². The first-order valence-electron chi connectivity index (χ1n) is 3.20. The van der Waals surface area contributed by atoms with Gasteiger partial charge in [0.25, 0.3) is 0 Å². The van der Waals surface area contributed by atoms with Gasteiger partial charge in [0.05, 0.1) is 4.55 Å². The summed E-state index contributed by atoms with van der Waals surface area (Å²) in [5.74, 6) is 0. The van der Waals surface area contributed by atoms with Gasteiger partial charge in [-0.1, -0.05) is 43.4 Å². The summed E-state index contributed by atoms with van der Waals surface area (Å²) in [6.45, 7) is 7.96. The summed E-state index contributed by atoms with van der Waals surface area (Å²) >= 11 is 2.38. The second-order valence-electron chi connectivity index (χ2n) is 3.69. The zero-order valence-corrected chi connectivity index (χ0v) is 8.90. The molecule has 0 aromatic carbocycles. The Morgan fingerprint density at radius 1 is 1.33 bits per heavy atom. The van der Waals surface area contributed by atoms with E-state index in [1.54, 1.807) is 0 Å². The third-order valence-corrected chi connectivity index (χ3v) is 2.11. The highest BCUT2D eigenvalue weighted by Crippen LogP contribution is 2.14. The maximum atomic E-state index is 2.38. The van der Waals surface area contributed by atoms with Crippen molar-refractivity contribution in [2.75, 3.05) is 18.1 Å². The standard InChI is InChI=1S/C7H16IN/c1-7(2,3)5-9(4)6-8/h5-6H2,1-4H3. The second-order valence-corrected chi connectivity index (χ2v) is 4.38. The molecule has 0 bridgehead atoms. The molecule has 0 rings (SSSR count). The fourth-order valence-corrected chi connectivity index (χ4v) is 1.09. The molecule has 0 atom stereocenters. The Morgan fingerprint density at radius 3 is 1.89 bits per heavy atom. The highest BCUT2D eigenvalue weighted by molar-refractivity contribution is 14.1. The normalized spacial score (nSPS) is 12.7. The minimum Gasteiger partial charge on any atom is -0.297 e. The lowest BCUT2D eigenvalue weighted by Crippen LogP contribution is -2.27. The molecule has 0 amide bonds. The van der Waals surface area contributed by atoms with E-state index < -0.39 is 0 Å². The lowest BCUT2D eigenvalue weighted by atomic mass is 9.97. The van der Waals surface area contributed by atoms with Crippen molar-refractivity contribution >= 4 is 22.6 Å². The van der Waals surface area contributed by atoms with Crippen LogP contribution >= 0.6 is 22.6 Å². The van der Waals surface area contributed by atoms with Gasteiger partial charge in [0, 0.05) is 6.54 Å². The van der Waals surface area contributed by atoms with Gasteiger partial charge in [-0.15, -0.1) is 0 Å². The van der Waals surface area contributed by atoms with Crippen LogP contribution in [0, 0.1) is 5.41 Å². The maximum Gasteiger partial charge on any atom is 0.0502 e. The number of hydrogen-bond donors (Lipinski definition) is 0. The van der Waals surface area contributed by atoms with Gasteiger partial charge in [0.15, 0.2) is 0 Å². The molecule has 1 nitrogen and oxygen atoms in total. The lowest BCUT2D eigenvalue weighted by molar-refractivity contribution is 0.259. The van der Waals surface area contributed by atoms with E-state index in [1.807, 2.05) is 0 Å². The first-order chi connectivity index (χ1) is 3.95. The van der Waals surface area contributed by atoms with E-state index in [-0.39, 0.29) is 0 Å². The van der Waals surface area contributed by atoms with E-state index in [0.717, 1.165) is 4.55 Å². The van der Waals surface area contributed by atoms with Crippen LogP contribution in [0.15, 0.2) is 0 Å². The third-order valence-electron chi connectivity index (χ3n) is 0.948. The molecular formula is C7H16IN. The molecule has 0 N–H and O–H groups in total. The van der Waals surface area contributed by atoms with Crippen LogP contribution in [0.1, 0.15) is 20.8 Å². The Morgan fingerprint density at radius 2 is 1.78 bits per heavy atom. The van der Waals surface area contributed by atoms with Gasteiger partial charge in [0.1, 0.15) is 0 Å². The number of hydrogen-bond acceptors (Lipinski definition) is 1. The van der Waals surface area contributed by atoms with E-state index >= 15 is 0 Å². The average molecular weight is 241 g/mol. The predicted octanol–water partition coefficient (Wildman–Crippen LogP) is 2.36. The molecule has 0 saturated heterocycles. The van der Waals surface area contributed by atoms with Crippen molar-refractivity contribution in [3.63, 3.8) is 0 Å². The molecule has 2 heteroatoms. The summed E-state index contributed by atoms with van der Waals surface area (Å²) in [5, 5.41) is 0. The van der Waals surface area contributed by atoms with E-state index in [2.05, 4.69) is 55.3 Å². The first kappa shape index (κ1) is 9.69. The molecule has 0 aromatic heterocycles. The third kappa shape index (κ3) is 6.58. The largest absolute Gasteiger partial charge is 0.297 e. The van der Waals surface area contributed by atoms with Gasteiger partial charge < -0.3 is 0 Å². The van der Waals surface area contributed by atoms with Crippen molar-refractivity contribution in [1.82, 2.24) is 4.90 Å². The van der Waals surface area contributed by atoms with Crippen LogP contribution in [0.2, 0.25) is 0 Å². The average Bonchev–Trinajstić information content (AvgIpc) is 1.62. The van der Waals surface area contributed by atoms with Crippen molar-refractivity contribution in [3.8, 4) is 0 Å². The van der Waals surface area contributed by atoms with Gasteiger partial charge in [-0.2, -0.15) is 0 Å². The summed E-state index contributed by atoms with van der Waals surface area (Å²) in [4.78, 5) is 2.32. The van der Waals surface area contributed by atoms with Crippen LogP contribution in [0.4, 0.5) is 0 Å². The first-order valence-corrected chi connectivity index (χ1v) is 4.73. The fourth-order valence-electron chi connectivity index (χ4n) is 0.852.